The highest BCUT2D eigenvalue weighted by atomic mass is 35.5. The van der Waals surface area contributed by atoms with Gasteiger partial charge >= 0.3 is 0 Å². The molecular weight excluding hydrogens is 258 g/mol. The van der Waals surface area contributed by atoms with Crippen LogP contribution in [0.5, 0.6) is 0 Å². The van der Waals surface area contributed by atoms with Crippen LogP contribution in [0.25, 0.3) is 0 Å². The molecule has 4 heteroatoms. The molecule has 0 amide bonds. The maximum Gasteiger partial charge on any atom is 0.0703 e. The quantitative estimate of drug-likeness (QED) is 0.850. The molecule has 2 aliphatic rings. The summed E-state index contributed by atoms with van der Waals surface area (Å²) < 4.78 is 0. The van der Waals surface area contributed by atoms with E-state index in [0.717, 1.165) is 50.6 Å². The van der Waals surface area contributed by atoms with Gasteiger partial charge in [-0.15, -0.1) is 0 Å². The van der Waals surface area contributed by atoms with Gasteiger partial charge in [-0.1, -0.05) is 17.7 Å². The number of benzene rings is 1. The summed E-state index contributed by atoms with van der Waals surface area (Å²) in [4.78, 5) is 4.80. The van der Waals surface area contributed by atoms with Crippen molar-refractivity contribution in [2.45, 2.75) is 12.8 Å². The number of rotatable bonds is 3. The summed E-state index contributed by atoms with van der Waals surface area (Å²) in [5.74, 6) is 0. The largest absolute Gasteiger partial charge is 0.369 e. The van der Waals surface area contributed by atoms with Gasteiger partial charge in [0.2, 0.25) is 0 Å². The zero-order chi connectivity index (χ0) is 13.3. The van der Waals surface area contributed by atoms with Crippen molar-refractivity contribution >= 4 is 17.3 Å². The molecule has 0 unspecified atom stereocenters. The average molecular weight is 276 g/mol. The Labute approximate surface area is 119 Å². The molecule has 1 aromatic carbocycles. The van der Waals surface area contributed by atoms with Crippen LogP contribution in [-0.2, 0) is 0 Å². The smallest absolute Gasteiger partial charge is 0.0703 e. The van der Waals surface area contributed by atoms with E-state index in [1.54, 1.807) is 0 Å². The monoisotopic (exact) mass is 275 g/mol. The van der Waals surface area contributed by atoms with Crippen LogP contribution >= 0.6 is 11.6 Å². The Bertz CT molecular complexity index is 496. The number of hydrogen-bond donors (Lipinski definition) is 0. The first-order valence-corrected chi connectivity index (χ1v) is 7.23. The minimum atomic E-state index is -0.0156. The van der Waals surface area contributed by atoms with Crippen LogP contribution in [0.4, 0.5) is 5.69 Å². The minimum absolute atomic E-state index is 0.0156. The molecule has 1 saturated carbocycles. The lowest BCUT2D eigenvalue weighted by atomic mass is 10.1. The van der Waals surface area contributed by atoms with Crippen molar-refractivity contribution in [1.29, 1.82) is 5.26 Å². The summed E-state index contributed by atoms with van der Waals surface area (Å²) in [6.45, 7) is 5.06. The van der Waals surface area contributed by atoms with Crippen LogP contribution in [0.3, 0.4) is 0 Å². The number of anilines is 1. The predicted octanol–water partition coefficient (Wildman–Crippen LogP) is 2.77. The van der Waals surface area contributed by atoms with Gasteiger partial charge in [-0.2, -0.15) is 5.26 Å². The van der Waals surface area contributed by atoms with Crippen LogP contribution in [0.15, 0.2) is 24.3 Å². The number of nitriles is 1. The molecule has 1 aliphatic carbocycles. The lowest BCUT2D eigenvalue weighted by molar-refractivity contribution is 0.229. The maximum absolute atomic E-state index is 9.15. The van der Waals surface area contributed by atoms with Crippen molar-refractivity contribution in [2.75, 3.05) is 37.6 Å². The predicted molar refractivity (Wildman–Crippen MR) is 77.4 cm³/mol. The van der Waals surface area contributed by atoms with Gasteiger partial charge in [0.1, 0.15) is 0 Å². The van der Waals surface area contributed by atoms with Gasteiger partial charge in [0.15, 0.2) is 0 Å². The van der Waals surface area contributed by atoms with Crippen LogP contribution in [0.2, 0.25) is 5.02 Å². The number of hydrogen-bond acceptors (Lipinski definition) is 3. The first kappa shape index (κ1) is 12.8. The molecule has 0 radical (unpaired) electrons. The maximum atomic E-state index is 9.15. The van der Waals surface area contributed by atoms with Gasteiger partial charge in [0.25, 0.3) is 0 Å². The number of halogens is 1. The van der Waals surface area contributed by atoms with Crippen LogP contribution < -0.4 is 4.90 Å². The van der Waals surface area contributed by atoms with E-state index in [9.17, 15) is 0 Å². The average Bonchev–Trinajstić information content (AvgIpc) is 3.20. The molecule has 0 spiro atoms. The Kier molecular flexibility index (Phi) is 3.38. The second-order valence-electron chi connectivity index (χ2n) is 5.64. The van der Waals surface area contributed by atoms with Gasteiger partial charge < -0.3 is 4.90 Å². The molecular formula is C15H18ClN3. The Morgan fingerprint density at radius 3 is 2.53 bits per heavy atom. The molecule has 3 nitrogen and oxygen atoms in total. The van der Waals surface area contributed by atoms with E-state index < -0.39 is 0 Å². The van der Waals surface area contributed by atoms with Crippen molar-refractivity contribution in [1.82, 2.24) is 4.90 Å². The van der Waals surface area contributed by atoms with Crippen LogP contribution in [0.1, 0.15) is 12.8 Å². The molecule has 0 N–H and O–H groups in total. The lowest BCUT2D eigenvalue weighted by Gasteiger charge is -2.37. The van der Waals surface area contributed by atoms with Crippen molar-refractivity contribution in [2.24, 2.45) is 5.41 Å². The molecule has 0 bridgehead atoms. The van der Waals surface area contributed by atoms with Crippen LogP contribution in [-0.4, -0.2) is 37.6 Å². The standard InChI is InChI=1S/C15H18ClN3/c16-13-2-1-3-14(10-13)19-8-6-18(7-9-19)12-15(11-17)4-5-15/h1-3,10H,4-9,12H2. The topological polar surface area (TPSA) is 30.3 Å². The van der Waals surface area contributed by atoms with Gasteiger partial charge in [-0.3, -0.25) is 4.90 Å². The summed E-state index contributed by atoms with van der Waals surface area (Å²) in [7, 11) is 0. The Morgan fingerprint density at radius 1 is 1.21 bits per heavy atom. The molecule has 2 fully saturated rings. The molecule has 100 valence electrons. The van der Waals surface area contributed by atoms with Gasteiger partial charge in [-0.25, -0.2) is 0 Å². The first-order valence-electron chi connectivity index (χ1n) is 6.85. The summed E-state index contributed by atoms with van der Waals surface area (Å²) >= 11 is 6.03. The fourth-order valence-electron chi connectivity index (χ4n) is 2.72. The van der Waals surface area contributed by atoms with Crippen molar-refractivity contribution < 1.29 is 0 Å². The fourth-order valence-corrected chi connectivity index (χ4v) is 2.91. The second-order valence-corrected chi connectivity index (χ2v) is 6.07. The van der Waals surface area contributed by atoms with Crippen molar-refractivity contribution in [3.05, 3.63) is 29.3 Å². The highest BCUT2D eigenvalue weighted by Crippen LogP contribution is 2.45. The van der Waals surface area contributed by atoms with E-state index >= 15 is 0 Å². The minimum Gasteiger partial charge on any atom is -0.369 e. The molecule has 0 atom stereocenters. The fraction of sp³-hybridized carbons (Fsp3) is 0.533. The SMILES string of the molecule is N#CC1(CN2CCN(c3cccc(Cl)c3)CC2)CC1. The zero-order valence-electron chi connectivity index (χ0n) is 11.0. The summed E-state index contributed by atoms with van der Waals surface area (Å²) in [6, 6.07) is 10.5. The van der Waals surface area contributed by atoms with E-state index in [2.05, 4.69) is 21.9 Å². The third-order valence-corrected chi connectivity index (χ3v) is 4.40. The van der Waals surface area contributed by atoms with E-state index in [4.69, 9.17) is 16.9 Å². The van der Waals surface area contributed by atoms with E-state index in [0.29, 0.717) is 0 Å². The third-order valence-electron chi connectivity index (χ3n) is 4.16. The third kappa shape index (κ3) is 2.86. The molecule has 1 heterocycles. The highest BCUT2D eigenvalue weighted by molar-refractivity contribution is 6.30. The molecule has 1 saturated heterocycles. The first-order chi connectivity index (χ1) is 9.21. The Balaban J connectivity index is 1.56. The number of nitrogens with zero attached hydrogens (tertiary/aromatic N) is 3. The lowest BCUT2D eigenvalue weighted by Crippen LogP contribution is -2.48. The summed E-state index contributed by atoms with van der Waals surface area (Å²) in [6.07, 6.45) is 2.16. The number of piperazine rings is 1. The molecule has 3 rings (SSSR count). The van der Waals surface area contributed by atoms with Crippen molar-refractivity contribution in [3.8, 4) is 6.07 Å². The van der Waals surface area contributed by atoms with Gasteiger partial charge in [0, 0.05) is 43.4 Å². The zero-order valence-corrected chi connectivity index (χ0v) is 11.7. The van der Waals surface area contributed by atoms with Gasteiger partial charge in [-0.05, 0) is 31.0 Å². The molecule has 1 aliphatic heterocycles. The van der Waals surface area contributed by atoms with E-state index in [1.165, 1.54) is 5.69 Å². The van der Waals surface area contributed by atoms with E-state index in [-0.39, 0.29) is 5.41 Å². The van der Waals surface area contributed by atoms with E-state index in [1.807, 2.05) is 18.2 Å². The van der Waals surface area contributed by atoms with Crippen LogP contribution in [0, 0.1) is 16.7 Å². The Morgan fingerprint density at radius 2 is 1.95 bits per heavy atom. The second kappa shape index (κ2) is 5.03. The molecule has 1 aromatic rings. The van der Waals surface area contributed by atoms with Gasteiger partial charge in [0.05, 0.1) is 11.5 Å². The highest BCUT2D eigenvalue weighted by Gasteiger charge is 2.44. The normalized spacial score (nSPS) is 22.0. The molecule has 19 heavy (non-hydrogen) atoms. The summed E-state index contributed by atoms with van der Waals surface area (Å²) in [5, 5.41) is 9.94. The van der Waals surface area contributed by atoms with Crippen molar-refractivity contribution in [3.63, 3.8) is 0 Å². The summed E-state index contributed by atoms with van der Waals surface area (Å²) in [5.41, 5.74) is 1.19. The molecule has 0 aromatic heterocycles. The Hall–Kier alpha value is -1.24.